The first-order chi connectivity index (χ1) is 11.5. The summed E-state index contributed by atoms with van der Waals surface area (Å²) in [5.41, 5.74) is 6.72. The lowest BCUT2D eigenvalue weighted by Gasteiger charge is -2.02. The average molecular weight is 486 g/mol. The molecule has 3 rings (SSSR count). The number of carbonyl (C=O) groups excluding carboxylic acids is 2. The second-order valence-electron chi connectivity index (χ2n) is 4.77. The standard InChI is InChI=1S/C16H10Br2N2O2S2/c17-10-7-12(23-13(10)18)15(22)20-16-9(14(19)21)6-11(24-16)8-4-2-1-3-5-8/h1-7H,(H2,19,21)(H,20,22). The number of carbonyl (C=O) groups is 2. The minimum atomic E-state index is -0.572. The van der Waals surface area contributed by atoms with Crippen molar-refractivity contribution in [1.29, 1.82) is 0 Å². The Morgan fingerprint density at radius 3 is 2.33 bits per heavy atom. The zero-order valence-corrected chi connectivity index (χ0v) is 16.8. The predicted octanol–water partition coefficient (Wildman–Crippen LogP) is 5.35. The molecule has 0 bridgehead atoms. The maximum atomic E-state index is 12.4. The number of benzene rings is 1. The lowest BCUT2D eigenvalue weighted by atomic mass is 10.1. The number of rotatable bonds is 4. The van der Waals surface area contributed by atoms with Crippen LogP contribution < -0.4 is 11.1 Å². The van der Waals surface area contributed by atoms with Crippen LogP contribution in [0.3, 0.4) is 0 Å². The van der Waals surface area contributed by atoms with E-state index in [1.807, 2.05) is 30.3 Å². The molecule has 1 aromatic carbocycles. The molecule has 122 valence electrons. The minimum Gasteiger partial charge on any atom is -0.366 e. The van der Waals surface area contributed by atoms with Gasteiger partial charge < -0.3 is 11.1 Å². The quantitative estimate of drug-likeness (QED) is 0.522. The number of nitrogens with one attached hydrogen (secondary N) is 1. The van der Waals surface area contributed by atoms with Crippen LogP contribution in [0.2, 0.25) is 0 Å². The first-order valence-electron chi connectivity index (χ1n) is 6.71. The lowest BCUT2D eigenvalue weighted by Crippen LogP contribution is -2.15. The van der Waals surface area contributed by atoms with Crippen molar-refractivity contribution in [3.8, 4) is 10.4 Å². The van der Waals surface area contributed by atoms with Crippen molar-refractivity contribution >= 4 is 71.3 Å². The molecule has 24 heavy (non-hydrogen) atoms. The largest absolute Gasteiger partial charge is 0.366 e. The smallest absolute Gasteiger partial charge is 0.266 e. The van der Waals surface area contributed by atoms with Crippen molar-refractivity contribution in [2.24, 2.45) is 5.73 Å². The normalized spacial score (nSPS) is 10.6. The maximum absolute atomic E-state index is 12.4. The van der Waals surface area contributed by atoms with Crippen molar-refractivity contribution < 1.29 is 9.59 Å². The van der Waals surface area contributed by atoms with Crippen LogP contribution >= 0.6 is 54.5 Å². The van der Waals surface area contributed by atoms with Crippen LogP contribution in [0.1, 0.15) is 20.0 Å². The van der Waals surface area contributed by atoms with Gasteiger partial charge in [0.2, 0.25) is 0 Å². The van der Waals surface area contributed by atoms with E-state index in [2.05, 4.69) is 37.2 Å². The van der Waals surface area contributed by atoms with Crippen LogP contribution in [0, 0.1) is 0 Å². The second-order valence-corrected chi connectivity index (χ2v) is 9.05. The minimum absolute atomic E-state index is 0.282. The molecule has 0 unspecified atom stereocenters. The number of halogens is 2. The summed E-state index contributed by atoms with van der Waals surface area (Å²) in [6.07, 6.45) is 0. The first kappa shape index (κ1) is 17.3. The predicted molar refractivity (Wildman–Crippen MR) is 106 cm³/mol. The van der Waals surface area contributed by atoms with Crippen LogP contribution in [0.4, 0.5) is 5.00 Å². The van der Waals surface area contributed by atoms with E-state index in [0.29, 0.717) is 15.4 Å². The molecule has 3 N–H and O–H groups in total. The number of anilines is 1. The molecule has 0 spiro atoms. The molecule has 8 heteroatoms. The third kappa shape index (κ3) is 3.61. The Balaban J connectivity index is 1.93. The Bertz CT molecular complexity index is 900. The number of amides is 2. The van der Waals surface area contributed by atoms with Crippen molar-refractivity contribution in [3.05, 3.63) is 61.2 Å². The molecule has 2 amide bonds. The Kier molecular flexibility index (Phi) is 5.19. The zero-order chi connectivity index (χ0) is 17.3. The van der Waals surface area contributed by atoms with Gasteiger partial charge in [0, 0.05) is 9.35 Å². The Morgan fingerprint density at radius 1 is 1.04 bits per heavy atom. The molecule has 4 nitrogen and oxygen atoms in total. The van der Waals surface area contributed by atoms with E-state index in [-0.39, 0.29) is 5.91 Å². The van der Waals surface area contributed by atoms with Gasteiger partial charge in [0.15, 0.2) is 0 Å². The molecule has 0 fully saturated rings. The van der Waals surface area contributed by atoms with Gasteiger partial charge in [-0.1, -0.05) is 30.3 Å². The number of hydrogen-bond acceptors (Lipinski definition) is 4. The van der Waals surface area contributed by atoms with Crippen LogP contribution in [0.5, 0.6) is 0 Å². The molecule has 0 aliphatic heterocycles. The summed E-state index contributed by atoms with van der Waals surface area (Å²) in [5, 5.41) is 3.24. The van der Waals surface area contributed by atoms with Gasteiger partial charge in [-0.05, 0) is 49.6 Å². The van der Waals surface area contributed by atoms with E-state index >= 15 is 0 Å². The molecule has 0 saturated carbocycles. The molecular formula is C16H10Br2N2O2S2. The zero-order valence-electron chi connectivity index (χ0n) is 12.0. The average Bonchev–Trinajstić information content (AvgIpc) is 3.12. The Hall–Kier alpha value is -1.48. The molecule has 0 atom stereocenters. The Labute approximate surface area is 163 Å². The highest BCUT2D eigenvalue weighted by Gasteiger charge is 2.19. The number of nitrogens with two attached hydrogens (primary N) is 1. The number of primary amides is 1. The topological polar surface area (TPSA) is 72.2 Å². The fourth-order valence-electron chi connectivity index (χ4n) is 2.03. The van der Waals surface area contributed by atoms with Gasteiger partial charge in [-0.25, -0.2) is 0 Å². The lowest BCUT2D eigenvalue weighted by molar-refractivity contribution is 0.100. The van der Waals surface area contributed by atoms with Gasteiger partial charge in [-0.15, -0.1) is 22.7 Å². The fraction of sp³-hybridized carbons (Fsp3) is 0. The number of hydrogen-bond donors (Lipinski definition) is 2. The third-order valence-corrected chi connectivity index (χ3v) is 7.51. The van der Waals surface area contributed by atoms with Crippen LogP contribution in [-0.2, 0) is 0 Å². The summed E-state index contributed by atoms with van der Waals surface area (Å²) < 4.78 is 1.64. The molecule has 2 heterocycles. The number of thiophene rings is 2. The van der Waals surface area contributed by atoms with Crippen molar-refractivity contribution in [1.82, 2.24) is 0 Å². The van der Waals surface area contributed by atoms with Crippen LogP contribution in [0.25, 0.3) is 10.4 Å². The fourth-order valence-corrected chi connectivity index (χ4v) is 5.03. The van der Waals surface area contributed by atoms with Crippen molar-refractivity contribution in [2.45, 2.75) is 0 Å². The molecule has 3 aromatic rings. The van der Waals surface area contributed by atoms with Gasteiger partial charge in [-0.2, -0.15) is 0 Å². The summed E-state index contributed by atoms with van der Waals surface area (Å²) in [6, 6.07) is 13.1. The van der Waals surface area contributed by atoms with Gasteiger partial charge >= 0.3 is 0 Å². The van der Waals surface area contributed by atoms with Gasteiger partial charge in [-0.3, -0.25) is 9.59 Å². The van der Waals surface area contributed by atoms with Gasteiger partial charge in [0.25, 0.3) is 11.8 Å². The summed E-state index contributed by atoms with van der Waals surface area (Å²) in [6.45, 7) is 0. The third-order valence-electron chi connectivity index (χ3n) is 3.15. The highest BCUT2D eigenvalue weighted by molar-refractivity contribution is 9.13. The molecule has 0 aliphatic rings. The maximum Gasteiger partial charge on any atom is 0.266 e. The molecule has 0 radical (unpaired) electrons. The van der Waals surface area contributed by atoms with Crippen LogP contribution in [0.15, 0.2) is 50.7 Å². The summed E-state index contributed by atoms with van der Waals surface area (Å²) >= 11 is 9.35. The molecule has 0 aliphatic carbocycles. The Morgan fingerprint density at radius 2 is 1.75 bits per heavy atom. The molecule has 2 aromatic heterocycles. The summed E-state index contributed by atoms with van der Waals surface area (Å²) in [4.78, 5) is 25.5. The van der Waals surface area contributed by atoms with E-state index in [1.165, 1.54) is 22.7 Å². The van der Waals surface area contributed by atoms with E-state index < -0.39 is 5.91 Å². The van der Waals surface area contributed by atoms with Crippen LogP contribution in [-0.4, -0.2) is 11.8 Å². The highest BCUT2D eigenvalue weighted by Crippen LogP contribution is 2.37. The van der Waals surface area contributed by atoms with E-state index in [1.54, 1.807) is 12.1 Å². The van der Waals surface area contributed by atoms with Gasteiger partial charge in [0.1, 0.15) is 5.00 Å². The second kappa shape index (κ2) is 7.18. The van der Waals surface area contributed by atoms with Crippen molar-refractivity contribution in [3.63, 3.8) is 0 Å². The monoisotopic (exact) mass is 484 g/mol. The van der Waals surface area contributed by atoms with E-state index in [4.69, 9.17) is 5.73 Å². The van der Waals surface area contributed by atoms with E-state index in [0.717, 1.165) is 18.7 Å². The highest BCUT2D eigenvalue weighted by atomic mass is 79.9. The van der Waals surface area contributed by atoms with Crippen molar-refractivity contribution in [2.75, 3.05) is 5.32 Å². The summed E-state index contributed by atoms with van der Waals surface area (Å²) in [7, 11) is 0. The molecular weight excluding hydrogens is 476 g/mol. The summed E-state index contributed by atoms with van der Waals surface area (Å²) in [5.74, 6) is -0.854. The first-order valence-corrected chi connectivity index (χ1v) is 9.93. The van der Waals surface area contributed by atoms with E-state index in [9.17, 15) is 9.59 Å². The SMILES string of the molecule is NC(=O)c1cc(-c2ccccc2)sc1NC(=O)c1cc(Br)c(Br)s1. The van der Waals surface area contributed by atoms with Gasteiger partial charge in [0.05, 0.1) is 14.2 Å². The molecule has 0 saturated heterocycles.